The average Bonchev–Trinajstić information content (AvgIpc) is 2.70. The van der Waals surface area contributed by atoms with Crippen molar-refractivity contribution in [2.75, 3.05) is 0 Å². The third-order valence-electron chi connectivity index (χ3n) is 4.31. The molecule has 0 saturated carbocycles. The summed E-state index contributed by atoms with van der Waals surface area (Å²) in [5.41, 5.74) is -6.19. The zero-order chi connectivity index (χ0) is 27.5. The van der Waals surface area contributed by atoms with Crippen LogP contribution in [0.1, 0.15) is 5.56 Å². The van der Waals surface area contributed by atoms with Crippen LogP contribution in [0.25, 0.3) is 16.8 Å². The summed E-state index contributed by atoms with van der Waals surface area (Å²) in [6.45, 7) is 3.43. The van der Waals surface area contributed by atoms with Gasteiger partial charge in [-0.1, -0.05) is 35.0 Å². The molecule has 35 heavy (non-hydrogen) atoms. The number of sulfone groups is 1. The second kappa shape index (κ2) is 8.34. The van der Waals surface area contributed by atoms with Gasteiger partial charge in [0.15, 0.2) is 0 Å². The van der Waals surface area contributed by atoms with E-state index in [4.69, 9.17) is 0 Å². The summed E-state index contributed by atoms with van der Waals surface area (Å²) < 4.78 is 190. The monoisotopic (exact) mass is 579 g/mol. The van der Waals surface area contributed by atoms with Crippen LogP contribution in [0.3, 0.4) is 0 Å². The van der Waals surface area contributed by atoms with E-state index in [0.717, 1.165) is 12.1 Å². The van der Waals surface area contributed by atoms with Crippen molar-refractivity contribution in [2.24, 2.45) is 0 Å². The van der Waals surface area contributed by atoms with Crippen LogP contribution in [-0.4, -0.2) is 47.2 Å². The number of halogens is 9. The highest BCUT2D eigenvalue weighted by molar-refractivity contribution is 8.05. The Balaban J connectivity index is 2.63. The number of alkyl halides is 9. The Hall–Kier alpha value is -2.38. The lowest BCUT2D eigenvalue weighted by Crippen LogP contribution is -2.63. The number of rotatable bonds is 8. The molecule has 0 heterocycles. The fourth-order valence-corrected chi connectivity index (χ4v) is 6.21. The maximum Gasteiger partial charge on any atom is 0.512 e. The highest BCUT2D eigenvalue weighted by Crippen LogP contribution is 2.52. The quantitative estimate of drug-likeness (QED) is 0.476. The highest BCUT2D eigenvalue weighted by atomic mass is 32.3. The highest BCUT2D eigenvalue weighted by Gasteiger charge is 2.82. The van der Waals surface area contributed by atoms with Crippen molar-refractivity contribution < 1.29 is 64.8 Å². The predicted molar refractivity (Wildman–Crippen MR) is 103 cm³/mol. The lowest BCUT2D eigenvalue weighted by molar-refractivity contribution is -0.243. The topological polar surface area (TPSA) is 114 Å². The van der Waals surface area contributed by atoms with E-state index < -0.39 is 60.8 Å². The first kappa shape index (κ1) is 28.9. The molecular weight excluding hydrogens is 569 g/mol. The van der Waals surface area contributed by atoms with Gasteiger partial charge in [0.2, 0.25) is 9.84 Å². The van der Waals surface area contributed by atoms with Crippen molar-refractivity contribution in [2.45, 2.75) is 26.8 Å². The standard InChI is InChI=1S/C16H10F9NO6S3/c1-2-9-3-4-11-8-12(6-5-10(11)7-9)33(27,28)14(19,20)13(17,18)15(21,22)34(29,30)26-35(31,32)16(23,24)25/h2-8,26H,1H2. The zero-order valence-corrected chi connectivity index (χ0v) is 18.8. The predicted octanol–water partition coefficient (Wildman–Crippen LogP) is 3.85. The second-order valence-corrected chi connectivity index (χ2v) is 12.3. The molecule has 2 aromatic rings. The molecule has 2 aromatic carbocycles. The van der Waals surface area contributed by atoms with E-state index in [1.807, 2.05) is 0 Å². The van der Waals surface area contributed by atoms with Crippen molar-refractivity contribution in [3.63, 3.8) is 0 Å². The van der Waals surface area contributed by atoms with Gasteiger partial charge in [-0.05, 0) is 34.5 Å². The second-order valence-electron chi connectivity index (χ2n) is 6.62. The average molecular weight is 579 g/mol. The van der Waals surface area contributed by atoms with Gasteiger partial charge < -0.3 is 0 Å². The SMILES string of the molecule is C=Cc1ccc2cc(S(=O)(=O)C(F)(F)C(F)(F)C(F)(F)S(=O)(=O)NS(=O)(=O)C(F)(F)F)ccc2c1. The lowest BCUT2D eigenvalue weighted by atomic mass is 10.1. The number of hydrogen-bond acceptors (Lipinski definition) is 6. The molecule has 0 unspecified atom stereocenters. The van der Waals surface area contributed by atoms with Crippen LogP contribution >= 0.6 is 0 Å². The fourth-order valence-electron chi connectivity index (χ4n) is 2.44. The van der Waals surface area contributed by atoms with E-state index in [9.17, 15) is 64.8 Å². The van der Waals surface area contributed by atoms with Crippen LogP contribution in [-0.2, 0) is 29.9 Å². The molecule has 19 heteroatoms. The number of hydrogen-bond donors (Lipinski definition) is 1. The Morgan fingerprint density at radius 2 is 1.17 bits per heavy atom. The molecule has 0 fully saturated rings. The van der Waals surface area contributed by atoms with E-state index in [-0.39, 0.29) is 10.8 Å². The summed E-state index contributed by atoms with van der Waals surface area (Å²) in [6, 6.07) is 5.22. The van der Waals surface area contributed by atoms with Crippen LogP contribution in [0.15, 0.2) is 47.9 Å². The molecule has 7 nitrogen and oxygen atoms in total. The normalized spacial score (nSPS) is 14.8. The van der Waals surface area contributed by atoms with Crippen molar-refractivity contribution >= 4 is 46.7 Å². The van der Waals surface area contributed by atoms with E-state index in [2.05, 4.69) is 6.58 Å². The number of nitrogens with one attached hydrogen (secondary N) is 1. The Morgan fingerprint density at radius 3 is 1.66 bits per heavy atom. The molecule has 1 N–H and O–H groups in total. The van der Waals surface area contributed by atoms with Gasteiger partial charge in [0.25, 0.3) is 10.0 Å². The van der Waals surface area contributed by atoms with Gasteiger partial charge in [0.1, 0.15) is 0 Å². The van der Waals surface area contributed by atoms with Crippen LogP contribution < -0.4 is 4.13 Å². The molecule has 0 spiro atoms. The fraction of sp³-hybridized carbons (Fsp3) is 0.250. The third kappa shape index (κ3) is 4.49. The molecule has 0 saturated heterocycles. The smallest absolute Gasteiger partial charge is 0.217 e. The maximum atomic E-state index is 14.4. The first-order chi connectivity index (χ1) is 15.5. The van der Waals surface area contributed by atoms with Crippen molar-refractivity contribution in [3.05, 3.63) is 48.5 Å². The molecule has 0 atom stereocenters. The maximum absolute atomic E-state index is 14.4. The summed E-state index contributed by atoms with van der Waals surface area (Å²) in [4.78, 5) is -1.69. The van der Waals surface area contributed by atoms with E-state index >= 15 is 0 Å². The van der Waals surface area contributed by atoms with E-state index in [0.29, 0.717) is 17.7 Å². The van der Waals surface area contributed by atoms with Crippen LogP contribution in [0, 0.1) is 0 Å². The van der Waals surface area contributed by atoms with Gasteiger partial charge in [-0.25, -0.2) is 25.3 Å². The zero-order valence-electron chi connectivity index (χ0n) is 16.3. The number of sulfonamides is 2. The van der Waals surface area contributed by atoms with Crippen molar-refractivity contribution in [1.29, 1.82) is 0 Å². The van der Waals surface area contributed by atoms with Gasteiger partial charge in [-0.15, -0.1) is 0 Å². The van der Waals surface area contributed by atoms with Gasteiger partial charge in [-0.2, -0.15) is 39.5 Å². The number of benzene rings is 2. The minimum atomic E-state index is -7.82. The van der Waals surface area contributed by atoms with Crippen LogP contribution in [0.4, 0.5) is 39.5 Å². The Kier molecular flexibility index (Phi) is 6.88. The van der Waals surface area contributed by atoms with E-state index in [1.54, 1.807) is 0 Å². The molecule has 0 bridgehead atoms. The van der Waals surface area contributed by atoms with Gasteiger partial charge in [0.05, 0.1) is 4.90 Å². The van der Waals surface area contributed by atoms with Gasteiger partial charge in [0, 0.05) is 0 Å². The molecule has 0 aliphatic heterocycles. The summed E-state index contributed by atoms with van der Waals surface area (Å²) in [7, 11) is -22.0. The van der Waals surface area contributed by atoms with Crippen molar-refractivity contribution in [3.8, 4) is 0 Å². The summed E-state index contributed by atoms with van der Waals surface area (Å²) in [5, 5.41) is -14.4. The Labute approximate surface area is 191 Å². The first-order valence-corrected chi connectivity index (χ1v) is 12.8. The third-order valence-corrected chi connectivity index (χ3v) is 9.41. The minimum Gasteiger partial charge on any atom is -0.217 e. The van der Waals surface area contributed by atoms with Gasteiger partial charge >= 0.3 is 32.0 Å². The molecule has 0 aromatic heterocycles. The summed E-state index contributed by atoms with van der Waals surface area (Å²) in [5.74, 6) is -7.48. The molecule has 196 valence electrons. The van der Waals surface area contributed by atoms with Crippen molar-refractivity contribution in [1.82, 2.24) is 4.13 Å². The Bertz CT molecular complexity index is 1500. The lowest BCUT2D eigenvalue weighted by Gasteiger charge is -2.31. The molecule has 2 rings (SSSR count). The number of fused-ring (bicyclic) bond motifs is 1. The molecular formula is C16H10F9NO6S3. The van der Waals surface area contributed by atoms with E-state index in [1.165, 1.54) is 18.2 Å². The molecule has 0 amide bonds. The first-order valence-electron chi connectivity index (χ1n) is 8.35. The summed E-state index contributed by atoms with van der Waals surface area (Å²) >= 11 is 0. The van der Waals surface area contributed by atoms with Crippen LogP contribution in [0.5, 0.6) is 0 Å². The largest absolute Gasteiger partial charge is 0.512 e. The molecule has 0 radical (unpaired) electrons. The molecule has 0 aliphatic rings. The molecule has 0 aliphatic carbocycles. The van der Waals surface area contributed by atoms with Crippen LogP contribution in [0.2, 0.25) is 0 Å². The van der Waals surface area contributed by atoms with Gasteiger partial charge in [-0.3, -0.25) is 0 Å². The summed E-state index contributed by atoms with van der Waals surface area (Å²) in [6.07, 6.45) is 1.33. The minimum absolute atomic E-state index is 0.158. The Morgan fingerprint density at radius 1 is 0.686 bits per heavy atom.